The second-order valence-electron chi connectivity index (χ2n) is 4.31. The highest BCUT2D eigenvalue weighted by molar-refractivity contribution is 9.10. The Hall–Kier alpha value is -0.900. The Balaban J connectivity index is 2.33. The molecule has 1 atom stereocenters. The molecule has 0 radical (unpaired) electrons. The number of rotatable bonds is 5. The maximum Gasteiger partial charge on any atom is 0.234 e. The first-order valence-electron chi connectivity index (χ1n) is 5.67. The van der Waals surface area contributed by atoms with Gasteiger partial charge in [0.05, 0.1) is 4.83 Å². The summed E-state index contributed by atoms with van der Waals surface area (Å²) in [6.45, 7) is 4.54. The molecule has 1 aromatic carbocycles. The predicted octanol–water partition coefficient (Wildman–Crippen LogP) is 2.90. The molecule has 0 heterocycles. The van der Waals surface area contributed by atoms with Crippen molar-refractivity contribution in [1.29, 1.82) is 0 Å². The van der Waals surface area contributed by atoms with Crippen molar-refractivity contribution in [2.24, 2.45) is 5.92 Å². The van der Waals surface area contributed by atoms with Crippen LogP contribution in [0.25, 0.3) is 0 Å². The predicted molar refractivity (Wildman–Crippen MR) is 70.7 cm³/mol. The quantitative estimate of drug-likeness (QED) is 0.833. The van der Waals surface area contributed by atoms with Gasteiger partial charge in [-0.3, -0.25) is 4.79 Å². The van der Waals surface area contributed by atoms with Gasteiger partial charge in [0.2, 0.25) is 5.91 Å². The summed E-state index contributed by atoms with van der Waals surface area (Å²) in [6, 6.07) is 6.32. The van der Waals surface area contributed by atoms with E-state index in [-0.39, 0.29) is 22.5 Å². The number of hydrogen-bond donors (Lipinski definition) is 1. The van der Waals surface area contributed by atoms with E-state index >= 15 is 0 Å². The molecular weight excluding hydrogens is 285 g/mol. The van der Waals surface area contributed by atoms with Crippen LogP contribution in [0.15, 0.2) is 24.3 Å². The third kappa shape index (κ3) is 4.86. The van der Waals surface area contributed by atoms with Gasteiger partial charge in [-0.2, -0.15) is 0 Å². The van der Waals surface area contributed by atoms with Gasteiger partial charge < -0.3 is 5.32 Å². The summed E-state index contributed by atoms with van der Waals surface area (Å²) in [5, 5.41) is 2.85. The summed E-state index contributed by atoms with van der Waals surface area (Å²) in [7, 11) is 0. The zero-order valence-corrected chi connectivity index (χ0v) is 11.6. The van der Waals surface area contributed by atoms with Gasteiger partial charge in [0, 0.05) is 6.54 Å². The zero-order chi connectivity index (χ0) is 12.8. The number of amides is 1. The molecule has 17 heavy (non-hydrogen) atoms. The first kappa shape index (κ1) is 14.2. The van der Waals surface area contributed by atoms with Crippen LogP contribution in [0, 0.1) is 11.7 Å². The number of halogens is 2. The van der Waals surface area contributed by atoms with Crippen molar-refractivity contribution >= 4 is 21.8 Å². The number of alkyl halides is 1. The first-order valence-corrected chi connectivity index (χ1v) is 6.58. The van der Waals surface area contributed by atoms with Crippen molar-refractivity contribution in [3.8, 4) is 0 Å². The second kappa shape index (κ2) is 6.74. The topological polar surface area (TPSA) is 29.1 Å². The van der Waals surface area contributed by atoms with Gasteiger partial charge in [-0.1, -0.05) is 41.9 Å². The standard InChI is InChI=1S/C13H17BrFNO/c1-9(2)12(14)13(17)16-8-7-10-3-5-11(15)6-4-10/h3-6,9,12H,7-8H2,1-2H3,(H,16,17). The third-order valence-corrected chi connectivity index (χ3v) is 3.94. The Morgan fingerprint density at radius 3 is 2.47 bits per heavy atom. The van der Waals surface area contributed by atoms with E-state index in [1.54, 1.807) is 12.1 Å². The van der Waals surface area contributed by atoms with Crippen molar-refractivity contribution in [2.75, 3.05) is 6.54 Å². The molecule has 0 aliphatic rings. The molecule has 0 saturated carbocycles. The van der Waals surface area contributed by atoms with Gasteiger partial charge in [0.1, 0.15) is 5.82 Å². The molecule has 0 aliphatic heterocycles. The van der Waals surface area contributed by atoms with Crippen molar-refractivity contribution < 1.29 is 9.18 Å². The molecule has 0 bridgehead atoms. The van der Waals surface area contributed by atoms with Crippen molar-refractivity contribution in [1.82, 2.24) is 5.32 Å². The van der Waals surface area contributed by atoms with E-state index in [4.69, 9.17) is 0 Å². The smallest absolute Gasteiger partial charge is 0.234 e. The van der Waals surface area contributed by atoms with E-state index in [2.05, 4.69) is 21.2 Å². The summed E-state index contributed by atoms with van der Waals surface area (Å²) >= 11 is 3.34. The molecule has 0 saturated heterocycles. The second-order valence-corrected chi connectivity index (χ2v) is 5.30. The Labute approximate surface area is 110 Å². The molecule has 94 valence electrons. The summed E-state index contributed by atoms with van der Waals surface area (Å²) < 4.78 is 12.7. The van der Waals surface area contributed by atoms with E-state index in [9.17, 15) is 9.18 Å². The molecule has 0 aliphatic carbocycles. The summed E-state index contributed by atoms with van der Waals surface area (Å²) in [4.78, 5) is 11.5. The van der Waals surface area contributed by atoms with Crippen LogP contribution >= 0.6 is 15.9 Å². The highest BCUT2D eigenvalue weighted by Gasteiger charge is 2.17. The molecule has 2 nitrogen and oxygen atoms in total. The van der Waals surface area contributed by atoms with Crippen LogP contribution in [-0.2, 0) is 11.2 Å². The van der Waals surface area contributed by atoms with Gasteiger partial charge in [-0.05, 0) is 30.0 Å². The normalized spacial score (nSPS) is 12.5. The minimum Gasteiger partial charge on any atom is -0.355 e. The monoisotopic (exact) mass is 301 g/mol. The van der Waals surface area contributed by atoms with Crippen LogP contribution in [0.1, 0.15) is 19.4 Å². The van der Waals surface area contributed by atoms with Crippen molar-refractivity contribution in [2.45, 2.75) is 25.1 Å². The van der Waals surface area contributed by atoms with E-state index in [1.807, 2.05) is 13.8 Å². The minimum atomic E-state index is -0.238. The van der Waals surface area contributed by atoms with Crippen LogP contribution in [-0.4, -0.2) is 17.3 Å². The highest BCUT2D eigenvalue weighted by Crippen LogP contribution is 2.11. The van der Waals surface area contributed by atoms with Crippen LogP contribution < -0.4 is 5.32 Å². The average Bonchev–Trinajstić information content (AvgIpc) is 2.30. The van der Waals surface area contributed by atoms with Gasteiger partial charge >= 0.3 is 0 Å². The highest BCUT2D eigenvalue weighted by atomic mass is 79.9. The number of hydrogen-bond acceptors (Lipinski definition) is 1. The average molecular weight is 302 g/mol. The molecule has 1 N–H and O–H groups in total. The lowest BCUT2D eigenvalue weighted by molar-refractivity contribution is -0.121. The molecule has 0 fully saturated rings. The zero-order valence-electron chi connectivity index (χ0n) is 10.0. The molecule has 1 rings (SSSR count). The number of carbonyl (C=O) groups is 1. The minimum absolute atomic E-state index is 0.00196. The Bertz CT molecular complexity index is 364. The first-order chi connectivity index (χ1) is 8.00. The number of nitrogens with one attached hydrogen (secondary N) is 1. The van der Waals surface area contributed by atoms with E-state index < -0.39 is 0 Å². The lowest BCUT2D eigenvalue weighted by atomic mass is 10.1. The van der Waals surface area contributed by atoms with Gasteiger partial charge in [-0.25, -0.2) is 4.39 Å². The van der Waals surface area contributed by atoms with Crippen molar-refractivity contribution in [3.05, 3.63) is 35.6 Å². The SMILES string of the molecule is CC(C)C(Br)C(=O)NCCc1ccc(F)cc1. The maximum atomic E-state index is 12.7. The number of benzene rings is 1. The fourth-order valence-electron chi connectivity index (χ4n) is 1.38. The van der Waals surface area contributed by atoms with Crippen LogP contribution in [0.4, 0.5) is 4.39 Å². The van der Waals surface area contributed by atoms with Gasteiger partial charge in [0.15, 0.2) is 0 Å². The summed E-state index contributed by atoms with van der Waals surface area (Å²) in [5.41, 5.74) is 1.02. The summed E-state index contributed by atoms with van der Waals surface area (Å²) in [5.74, 6) is 0.0287. The largest absolute Gasteiger partial charge is 0.355 e. The molecule has 1 amide bonds. The van der Waals surface area contributed by atoms with Crippen LogP contribution in [0.2, 0.25) is 0 Å². The number of carbonyl (C=O) groups excluding carboxylic acids is 1. The lowest BCUT2D eigenvalue weighted by Gasteiger charge is -2.13. The van der Waals surface area contributed by atoms with E-state index in [0.717, 1.165) is 5.56 Å². The van der Waals surface area contributed by atoms with Gasteiger partial charge in [-0.15, -0.1) is 0 Å². The molecular formula is C13H17BrFNO. The van der Waals surface area contributed by atoms with Crippen LogP contribution in [0.5, 0.6) is 0 Å². The third-order valence-electron chi connectivity index (χ3n) is 2.46. The molecule has 0 aromatic heterocycles. The van der Waals surface area contributed by atoms with Crippen LogP contribution in [0.3, 0.4) is 0 Å². The molecule has 1 aromatic rings. The van der Waals surface area contributed by atoms with E-state index in [1.165, 1.54) is 12.1 Å². The van der Waals surface area contributed by atoms with Gasteiger partial charge in [0.25, 0.3) is 0 Å². The fourth-order valence-corrected chi connectivity index (χ4v) is 1.54. The Morgan fingerprint density at radius 2 is 1.94 bits per heavy atom. The summed E-state index contributed by atoms with van der Waals surface area (Å²) in [6.07, 6.45) is 0.712. The van der Waals surface area contributed by atoms with Crippen molar-refractivity contribution in [3.63, 3.8) is 0 Å². The maximum absolute atomic E-state index is 12.7. The molecule has 1 unspecified atom stereocenters. The lowest BCUT2D eigenvalue weighted by Crippen LogP contribution is -2.35. The fraction of sp³-hybridized carbons (Fsp3) is 0.462. The Morgan fingerprint density at radius 1 is 1.35 bits per heavy atom. The van der Waals surface area contributed by atoms with E-state index in [0.29, 0.717) is 13.0 Å². The molecule has 4 heteroatoms. The molecule has 0 spiro atoms. The Kier molecular flexibility index (Phi) is 5.62.